The lowest BCUT2D eigenvalue weighted by Gasteiger charge is -2.62. The molecule has 2 aromatic rings. The van der Waals surface area contributed by atoms with Gasteiger partial charge in [0.05, 0.1) is 0 Å². The van der Waals surface area contributed by atoms with Gasteiger partial charge in [-0.2, -0.15) is 0 Å². The summed E-state index contributed by atoms with van der Waals surface area (Å²) < 4.78 is 13.9. The standard InChI is InChI=1S/C24H28FN2O2P3/c25-17-2-15(3-18(30)6-17)21(28)26-23-8-13-1-14(9-23)11-24(10-13,12-23)27-22(29)16-4-19(31)7-20(32)5-16/h2-7,13-14H,1,8-12,30-32H2,(H,26,28)(H,27,29). The average Bonchev–Trinajstić information content (AvgIpc) is 2.64. The van der Waals surface area contributed by atoms with E-state index in [-0.39, 0.29) is 22.9 Å². The number of nitrogens with one attached hydrogen (secondary N) is 2. The largest absolute Gasteiger partial charge is 0.346 e. The van der Waals surface area contributed by atoms with Crippen molar-refractivity contribution in [3.63, 3.8) is 0 Å². The zero-order chi connectivity index (χ0) is 22.7. The Morgan fingerprint density at radius 1 is 0.750 bits per heavy atom. The SMILES string of the molecule is O=C(NC12CC3CC(C1)CC(NC(=O)c1cc(P)cc(P)c1)(C3)C2)c1cc(F)cc(P)c1. The second kappa shape index (κ2) is 8.12. The van der Waals surface area contributed by atoms with Crippen molar-refractivity contribution >= 4 is 55.4 Å². The van der Waals surface area contributed by atoms with E-state index in [4.69, 9.17) is 0 Å². The number of benzene rings is 2. The van der Waals surface area contributed by atoms with Crippen LogP contribution in [0.2, 0.25) is 0 Å². The van der Waals surface area contributed by atoms with Crippen molar-refractivity contribution in [3.05, 3.63) is 53.3 Å². The smallest absolute Gasteiger partial charge is 0.251 e. The van der Waals surface area contributed by atoms with Crippen molar-refractivity contribution in [2.75, 3.05) is 0 Å². The van der Waals surface area contributed by atoms with Crippen LogP contribution in [0.25, 0.3) is 0 Å². The number of carbonyl (C=O) groups excluding carboxylic acids is 2. The Morgan fingerprint density at radius 2 is 1.19 bits per heavy atom. The maximum Gasteiger partial charge on any atom is 0.251 e. The molecule has 0 aliphatic heterocycles. The fraction of sp³-hybridized carbons (Fsp3) is 0.417. The second-order valence-electron chi connectivity index (χ2n) is 10.1. The minimum Gasteiger partial charge on any atom is -0.346 e. The molecule has 32 heavy (non-hydrogen) atoms. The Balaban J connectivity index is 1.39. The molecule has 2 N–H and O–H groups in total. The van der Waals surface area contributed by atoms with Gasteiger partial charge in [0.15, 0.2) is 0 Å². The van der Waals surface area contributed by atoms with E-state index in [1.165, 1.54) is 12.1 Å². The zero-order valence-corrected chi connectivity index (χ0v) is 21.3. The molecule has 4 aliphatic carbocycles. The molecule has 4 bridgehead atoms. The molecular weight excluding hydrogens is 460 g/mol. The van der Waals surface area contributed by atoms with Crippen LogP contribution in [-0.4, -0.2) is 22.9 Å². The first kappa shape index (κ1) is 22.4. The summed E-state index contributed by atoms with van der Waals surface area (Å²) >= 11 is 0. The zero-order valence-electron chi connectivity index (χ0n) is 17.8. The van der Waals surface area contributed by atoms with Gasteiger partial charge in [-0.05, 0) is 103 Å². The molecule has 2 amide bonds. The van der Waals surface area contributed by atoms with Gasteiger partial charge >= 0.3 is 0 Å². The molecule has 4 aliphatic rings. The topological polar surface area (TPSA) is 58.2 Å². The number of amides is 2. The molecule has 0 aromatic heterocycles. The van der Waals surface area contributed by atoms with E-state index in [1.807, 2.05) is 18.2 Å². The highest BCUT2D eigenvalue weighted by Gasteiger charge is 2.58. The molecule has 4 fully saturated rings. The highest BCUT2D eigenvalue weighted by atomic mass is 31.0. The van der Waals surface area contributed by atoms with Gasteiger partial charge in [0.1, 0.15) is 5.82 Å². The minimum atomic E-state index is -0.415. The van der Waals surface area contributed by atoms with Crippen molar-refractivity contribution < 1.29 is 14.0 Å². The Bertz CT molecular complexity index is 984. The van der Waals surface area contributed by atoms with Crippen LogP contribution in [0, 0.1) is 17.7 Å². The number of halogens is 1. The van der Waals surface area contributed by atoms with Crippen molar-refractivity contribution in [2.45, 2.75) is 49.6 Å². The lowest BCUT2D eigenvalue weighted by molar-refractivity contribution is -0.0448. The van der Waals surface area contributed by atoms with E-state index in [9.17, 15) is 14.0 Å². The number of rotatable bonds is 4. The lowest BCUT2D eigenvalue weighted by atomic mass is 9.49. The van der Waals surface area contributed by atoms with Gasteiger partial charge in [-0.1, -0.05) is 0 Å². The van der Waals surface area contributed by atoms with Gasteiger partial charge in [0.25, 0.3) is 11.8 Å². The molecule has 6 rings (SSSR count). The molecule has 5 unspecified atom stereocenters. The maximum atomic E-state index is 13.9. The predicted molar refractivity (Wildman–Crippen MR) is 136 cm³/mol. The van der Waals surface area contributed by atoms with E-state index in [2.05, 4.69) is 38.4 Å². The van der Waals surface area contributed by atoms with E-state index in [1.54, 1.807) is 6.07 Å². The van der Waals surface area contributed by atoms with Crippen LogP contribution < -0.4 is 26.5 Å². The molecular formula is C24H28FN2O2P3. The average molecular weight is 488 g/mol. The third-order valence-corrected chi connectivity index (χ3v) is 8.24. The molecule has 168 valence electrons. The normalized spacial score (nSPS) is 30.2. The first-order valence-corrected chi connectivity index (χ1v) is 12.7. The van der Waals surface area contributed by atoms with Gasteiger partial charge in [0.2, 0.25) is 0 Å². The molecule has 5 atom stereocenters. The Hall–Kier alpha value is -1.40. The summed E-state index contributed by atoms with van der Waals surface area (Å²) in [6.07, 6.45) is 5.64. The third-order valence-electron chi connectivity index (χ3n) is 7.24. The summed E-state index contributed by atoms with van der Waals surface area (Å²) in [6.45, 7) is 0. The molecule has 0 spiro atoms. The molecule has 0 saturated heterocycles. The van der Waals surface area contributed by atoms with E-state index in [0.717, 1.165) is 49.1 Å². The van der Waals surface area contributed by atoms with Gasteiger partial charge < -0.3 is 10.6 Å². The number of hydrogen-bond acceptors (Lipinski definition) is 2. The van der Waals surface area contributed by atoms with Crippen LogP contribution in [0.15, 0.2) is 36.4 Å². The van der Waals surface area contributed by atoms with Crippen LogP contribution in [0.1, 0.15) is 59.2 Å². The second-order valence-corrected chi connectivity index (χ2v) is 12.1. The first-order chi connectivity index (χ1) is 15.1. The third kappa shape index (κ3) is 4.37. The van der Waals surface area contributed by atoms with Crippen LogP contribution in [0.4, 0.5) is 4.39 Å². The summed E-state index contributed by atoms with van der Waals surface area (Å²) in [6, 6.07) is 10.1. The van der Waals surface area contributed by atoms with Crippen LogP contribution in [-0.2, 0) is 0 Å². The highest BCUT2D eigenvalue weighted by molar-refractivity contribution is 7.29. The maximum absolute atomic E-state index is 13.9. The fourth-order valence-electron chi connectivity index (χ4n) is 6.73. The summed E-state index contributed by atoms with van der Waals surface area (Å²) in [7, 11) is 7.75. The monoisotopic (exact) mass is 488 g/mol. The van der Waals surface area contributed by atoms with Crippen molar-refractivity contribution in [2.24, 2.45) is 11.8 Å². The van der Waals surface area contributed by atoms with Crippen LogP contribution in [0.3, 0.4) is 0 Å². The van der Waals surface area contributed by atoms with Crippen LogP contribution >= 0.6 is 27.7 Å². The first-order valence-electron chi connectivity index (χ1n) is 11.0. The minimum absolute atomic E-state index is 0.0563. The van der Waals surface area contributed by atoms with Gasteiger partial charge in [-0.3, -0.25) is 9.59 Å². The summed E-state index contributed by atoms with van der Waals surface area (Å²) in [4.78, 5) is 26.3. The summed E-state index contributed by atoms with van der Waals surface area (Å²) in [5.41, 5.74) is 0.342. The quantitative estimate of drug-likeness (QED) is 0.651. The van der Waals surface area contributed by atoms with Crippen LogP contribution in [0.5, 0.6) is 0 Å². The van der Waals surface area contributed by atoms with Gasteiger partial charge in [-0.25, -0.2) is 4.39 Å². The highest BCUT2D eigenvalue weighted by Crippen LogP contribution is 2.57. The fourth-order valence-corrected chi connectivity index (χ4v) is 8.01. The Labute approximate surface area is 194 Å². The van der Waals surface area contributed by atoms with E-state index in [0.29, 0.717) is 28.3 Å². The van der Waals surface area contributed by atoms with Gasteiger partial charge in [0, 0.05) is 22.2 Å². The molecule has 4 saturated carbocycles. The van der Waals surface area contributed by atoms with E-state index < -0.39 is 5.82 Å². The van der Waals surface area contributed by atoms with Gasteiger partial charge in [-0.15, -0.1) is 27.7 Å². The Morgan fingerprint density at radius 3 is 1.66 bits per heavy atom. The molecule has 4 nitrogen and oxygen atoms in total. The number of carbonyl (C=O) groups is 2. The Kier molecular flexibility index (Phi) is 5.68. The molecule has 2 aromatic carbocycles. The van der Waals surface area contributed by atoms with E-state index >= 15 is 0 Å². The number of hydrogen-bond donors (Lipinski definition) is 2. The van der Waals surface area contributed by atoms with Crippen molar-refractivity contribution in [1.29, 1.82) is 0 Å². The molecule has 0 radical (unpaired) electrons. The van der Waals surface area contributed by atoms with Crippen molar-refractivity contribution in [1.82, 2.24) is 10.6 Å². The predicted octanol–water partition coefficient (Wildman–Crippen LogP) is 2.58. The molecule has 0 heterocycles. The summed E-state index contributed by atoms with van der Waals surface area (Å²) in [5, 5.41) is 9.25. The van der Waals surface area contributed by atoms with Crippen molar-refractivity contribution in [3.8, 4) is 0 Å². The summed E-state index contributed by atoms with van der Waals surface area (Å²) in [5.74, 6) is 0.250. The molecule has 8 heteroatoms. The lowest BCUT2D eigenvalue weighted by Crippen LogP contribution is -2.69.